The van der Waals surface area contributed by atoms with Crippen molar-refractivity contribution in [1.29, 1.82) is 0 Å². The van der Waals surface area contributed by atoms with Gasteiger partial charge in [0.25, 0.3) is 5.91 Å². The van der Waals surface area contributed by atoms with Crippen LogP contribution in [0.4, 0.5) is 0 Å². The van der Waals surface area contributed by atoms with Crippen LogP contribution in [0.1, 0.15) is 49.9 Å². The second-order valence-corrected chi connectivity index (χ2v) is 8.66. The SMILES string of the molecule is CCC(C)NC(=O)CCNC(=O)c1ccc(S(=O)(=O)NCC2CCCO2)cc1. The first kappa shape index (κ1) is 22.3. The molecule has 1 aromatic carbocycles. The lowest BCUT2D eigenvalue weighted by atomic mass is 10.2. The minimum atomic E-state index is -3.65. The Balaban J connectivity index is 1.81. The van der Waals surface area contributed by atoms with Crippen LogP contribution in [0.15, 0.2) is 29.2 Å². The van der Waals surface area contributed by atoms with E-state index in [1.165, 1.54) is 24.3 Å². The molecule has 2 rings (SSSR count). The molecule has 1 aromatic rings. The molecule has 9 heteroatoms. The van der Waals surface area contributed by atoms with Gasteiger partial charge in [-0.1, -0.05) is 6.92 Å². The first-order valence-electron chi connectivity index (χ1n) is 9.60. The summed E-state index contributed by atoms with van der Waals surface area (Å²) >= 11 is 0. The van der Waals surface area contributed by atoms with Crippen molar-refractivity contribution >= 4 is 21.8 Å². The summed E-state index contributed by atoms with van der Waals surface area (Å²) in [6, 6.07) is 5.79. The smallest absolute Gasteiger partial charge is 0.251 e. The first-order chi connectivity index (χ1) is 13.3. The van der Waals surface area contributed by atoms with E-state index in [1.807, 2.05) is 13.8 Å². The predicted molar refractivity (Wildman–Crippen MR) is 105 cm³/mol. The molecule has 1 heterocycles. The lowest BCUT2D eigenvalue weighted by Gasteiger charge is -2.12. The van der Waals surface area contributed by atoms with Gasteiger partial charge in [0.05, 0.1) is 11.0 Å². The molecular formula is C19H29N3O5S. The van der Waals surface area contributed by atoms with Gasteiger partial charge in [-0.05, 0) is 50.5 Å². The molecule has 28 heavy (non-hydrogen) atoms. The average Bonchev–Trinajstić information content (AvgIpc) is 3.20. The first-order valence-corrected chi connectivity index (χ1v) is 11.1. The maximum Gasteiger partial charge on any atom is 0.251 e. The summed E-state index contributed by atoms with van der Waals surface area (Å²) in [5.74, 6) is -0.471. The number of rotatable bonds is 10. The second-order valence-electron chi connectivity index (χ2n) is 6.89. The fraction of sp³-hybridized carbons (Fsp3) is 0.579. The molecule has 8 nitrogen and oxygen atoms in total. The number of hydrogen-bond acceptors (Lipinski definition) is 5. The van der Waals surface area contributed by atoms with Gasteiger partial charge in [0.15, 0.2) is 0 Å². The summed E-state index contributed by atoms with van der Waals surface area (Å²) in [4.78, 5) is 23.9. The van der Waals surface area contributed by atoms with E-state index in [-0.39, 0.29) is 48.4 Å². The third-order valence-electron chi connectivity index (χ3n) is 4.61. The number of nitrogens with one attached hydrogen (secondary N) is 3. The fourth-order valence-corrected chi connectivity index (χ4v) is 3.78. The number of hydrogen-bond donors (Lipinski definition) is 3. The minimum Gasteiger partial charge on any atom is -0.377 e. The minimum absolute atomic E-state index is 0.0858. The molecule has 1 saturated heterocycles. The zero-order valence-electron chi connectivity index (χ0n) is 16.4. The van der Waals surface area contributed by atoms with Crippen molar-refractivity contribution in [2.24, 2.45) is 0 Å². The molecule has 1 aliphatic heterocycles. The Hall–Kier alpha value is -1.97. The molecule has 0 bridgehead atoms. The highest BCUT2D eigenvalue weighted by molar-refractivity contribution is 7.89. The van der Waals surface area contributed by atoms with E-state index in [4.69, 9.17) is 4.74 Å². The van der Waals surface area contributed by atoms with Crippen LogP contribution in [0, 0.1) is 0 Å². The quantitative estimate of drug-likeness (QED) is 0.535. The predicted octanol–water partition coefficient (Wildman–Crippen LogP) is 1.18. The zero-order chi connectivity index (χ0) is 20.6. The van der Waals surface area contributed by atoms with E-state index in [2.05, 4.69) is 15.4 Å². The van der Waals surface area contributed by atoms with Crippen LogP contribution < -0.4 is 15.4 Å². The van der Waals surface area contributed by atoms with Crippen molar-refractivity contribution in [3.05, 3.63) is 29.8 Å². The van der Waals surface area contributed by atoms with Gasteiger partial charge >= 0.3 is 0 Å². The van der Waals surface area contributed by atoms with Crippen molar-refractivity contribution in [1.82, 2.24) is 15.4 Å². The number of ether oxygens (including phenoxy) is 1. The van der Waals surface area contributed by atoms with Crippen molar-refractivity contribution < 1.29 is 22.7 Å². The molecule has 2 unspecified atom stereocenters. The number of carbonyl (C=O) groups excluding carboxylic acids is 2. The average molecular weight is 412 g/mol. The van der Waals surface area contributed by atoms with E-state index >= 15 is 0 Å². The Morgan fingerprint density at radius 1 is 1.25 bits per heavy atom. The molecule has 0 aliphatic carbocycles. The maximum absolute atomic E-state index is 12.3. The highest BCUT2D eigenvalue weighted by Crippen LogP contribution is 2.14. The van der Waals surface area contributed by atoms with Gasteiger partial charge in [0.1, 0.15) is 0 Å². The number of benzene rings is 1. The molecule has 1 aliphatic rings. The van der Waals surface area contributed by atoms with Crippen molar-refractivity contribution in [2.45, 2.75) is 56.6 Å². The molecule has 0 spiro atoms. The molecule has 0 radical (unpaired) electrons. The molecule has 3 N–H and O–H groups in total. The number of amides is 2. The van der Waals surface area contributed by atoms with E-state index in [9.17, 15) is 18.0 Å². The topological polar surface area (TPSA) is 114 Å². The lowest BCUT2D eigenvalue weighted by Crippen LogP contribution is -2.35. The summed E-state index contributed by atoms with van der Waals surface area (Å²) in [5, 5.41) is 5.49. The highest BCUT2D eigenvalue weighted by atomic mass is 32.2. The fourth-order valence-electron chi connectivity index (χ4n) is 2.72. The van der Waals surface area contributed by atoms with Crippen LogP contribution in [-0.2, 0) is 19.6 Å². The van der Waals surface area contributed by atoms with E-state index < -0.39 is 10.0 Å². The van der Waals surface area contributed by atoms with Gasteiger partial charge < -0.3 is 15.4 Å². The Kier molecular flexibility index (Phi) is 8.40. The van der Waals surface area contributed by atoms with Crippen molar-refractivity contribution in [2.75, 3.05) is 19.7 Å². The molecule has 1 fully saturated rings. The molecule has 0 aromatic heterocycles. The Bertz CT molecular complexity index is 758. The summed E-state index contributed by atoms with van der Waals surface area (Å²) in [7, 11) is -3.65. The summed E-state index contributed by atoms with van der Waals surface area (Å²) in [5.41, 5.74) is 0.334. The number of sulfonamides is 1. The lowest BCUT2D eigenvalue weighted by molar-refractivity contribution is -0.121. The molecular weight excluding hydrogens is 382 g/mol. The van der Waals surface area contributed by atoms with Gasteiger partial charge in [0.2, 0.25) is 15.9 Å². The Morgan fingerprint density at radius 2 is 1.96 bits per heavy atom. The van der Waals surface area contributed by atoms with E-state index in [0.29, 0.717) is 12.2 Å². The van der Waals surface area contributed by atoms with Gasteiger partial charge in [-0.2, -0.15) is 0 Å². The third-order valence-corrected chi connectivity index (χ3v) is 6.05. The summed E-state index contributed by atoms with van der Waals surface area (Å²) < 4.78 is 32.6. The van der Waals surface area contributed by atoms with Crippen LogP contribution >= 0.6 is 0 Å². The van der Waals surface area contributed by atoms with Gasteiger partial charge in [-0.3, -0.25) is 9.59 Å². The largest absolute Gasteiger partial charge is 0.377 e. The van der Waals surface area contributed by atoms with Gasteiger partial charge in [-0.25, -0.2) is 13.1 Å². The Labute approximate surface area is 166 Å². The molecule has 2 amide bonds. The summed E-state index contributed by atoms with van der Waals surface area (Å²) in [6.07, 6.45) is 2.73. The van der Waals surface area contributed by atoms with Crippen molar-refractivity contribution in [3.8, 4) is 0 Å². The van der Waals surface area contributed by atoms with Gasteiger partial charge in [-0.15, -0.1) is 0 Å². The van der Waals surface area contributed by atoms with E-state index in [1.54, 1.807) is 0 Å². The van der Waals surface area contributed by atoms with Crippen molar-refractivity contribution in [3.63, 3.8) is 0 Å². The molecule has 156 valence electrons. The van der Waals surface area contributed by atoms with Crippen LogP contribution in [0.3, 0.4) is 0 Å². The van der Waals surface area contributed by atoms with E-state index in [0.717, 1.165) is 19.3 Å². The third kappa shape index (κ3) is 6.88. The second kappa shape index (κ2) is 10.5. The standard InChI is InChI=1S/C19H29N3O5S/c1-3-14(2)22-18(23)10-11-20-19(24)15-6-8-17(9-7-15)28(25,26)21-13-16-5-4-12-27-16/h6-9,14,16,21H,3-5,10-13H2,1-2H3,(H,20,24)(H,22,23). The van der Waals surface area contributed by atoms with Crippen LogP contribution in [0.25, 0.3) is 0 Å². The molecule has 0 saturated carbocycles. The highest BCUT2D eigenvalue weighted by Gasteiger charge is 2.20. The summed E-state index contributed by atoms with van der Waals surface area (Å²) in [6.45, 7) is 5.01. The maximum atomic E-state index is 12.3. The Morgan fingerprint density at radius 3 is 2.57 bits per heavy atom. The monoisotopic (exact) mass is 411 g/mol. The zero-order valence-corrected chi connectivity index (χ0v) is 17.2. The molecule has 2 atom stereocenters. The van der Waals surface area contributed by atoms with Crippen LogP contribution in [0.2, 0.25) is 0 Å². The van der Waals surface area contributed by atoms with Gasteiger partial charge in [0, 0.05) is 37.7 Å². The normalized spacial score (nSPS) is 17.9. The van der Waals surface area contributed by atoms with Crippen LogP contribution in [-0.4, -0.2) is 52.1 Å². The number of carbonyl (C=O) groups is 2. The van der Waals surface area contributed by atoms with Crippen LogP contribution in [0.5, 0.6) is 0 Å².